The maximum atomic E-state index is 14.0. The highest BCUT2D eigenvalue weighted by Gasteiger charge is 2.27. The maximum Gasteiger partial charge on any atom is 0.257 e. The first-order valence-corrected chi connectivity index (χ1v) is 10.2. The van der Waals surface area contributed by atoms with E-state index in [1.54, 1.807) is 36.5 Å². The third-order valence-corrected chi connectivity index (χ3v) is 5.81. The van der Waals surface area contributed by atoms with Crippen molar-refractivity contribution in [3.63, 3.8) is 0 Å². The fourth-order valence-electron chi connectivity index (χ4n) is 4.29. The zero-order valence-corrected chi connectivity index (χ0v) is 16.1. The molecule has 1 aromatic heterocycles. The van der Waals surface area contributed by atoms with Crippen molar-refractivity contribution < 1.29 is 9.18 Å². The molecule has 2 aromatic rings. The Kier molecular flexibility index (Phi) is 5.86. The van der Waals surface area contributed by atoms with Gasteiger partial charge in [-0.25, -0.2) is 9.37 Å². The molecule has 1 atom stereocenters. The number of anilines is 2. The number of carbonyl (C=O) groups excluding carboxylic acids is 1. The van der Waals surface area contributed by atoms with Gasteiger partial charge in [0.1, 0.15) is 11.6 Å². The molecule has 2 fully saturated rings. The van der Waals surface area contributed by atoms with Gasteiger partial charge in [0, 0.05) is 25.3 Å². The Morgan fingerprint density at radius 2 is 1.82 bits per heavy atom. The molecule has 1 unspecified atom stereocenters. The summed E-state index contributed by atoms with van der Waals surface area (Å²) < 4.78 is 14.0. The molecule has 2 saturated heterocycles. The van der Waals surface area contributed by atoms with Gasteiger partial charge in [-0.1, -0.05) is 12.1 Å². The van der Waals surface area contributed by atoms with Crippen molar-refractivity contribution in [3.05, 3.63) is 54.0 Å². The summed E-state index contributed by atoms with van der Waals surface area (Å²) in [6.07, 6.45) is 7.38. The largest absolute Gasteiger partial charge is 0.338 e. The Balaban J connectivity index is 1.48. The van der Waals surface area contributed by atoms with Crippen LogP contribution in [0.5, 0.6) is 0 Å². The lowest BCUT2D eigenvalue weighted by atomic mass is 10.1. The van der Waals surface area contributed by atoms with Crippen LogP contribution in [-0.2, 0) is 0 Å². The van der Waals surface area contributed by atoms with E-state index in [9.17, 15) is 9.18 Å². The molecular weight excluding hydrogens is 355 g/mol. The number of nitrogens with zero attached hydrogens (tertiary/aromatic N) is 3. The van der Waals surface area contributed by atoms with Crippen LogP contribution in [0.1, 0.15) is 42.5 Å². The fraction of sp³-hybridized carbons (Fsp3) is 0.455. The molecule has 1 aromatic carbocycles. The molecule has 2 aliphatic rings. The summed E-state index contributed by atoms with van der Waals surface area (Å²) >= 11 is 0. The number of likely N-dealkylation sites (tertiary alicyclic amines) is 2. The third-order valence-electron chi connectivity index (χ3n) is 5.81. The van der Waals surface area contributed by atoms with Crippen LogP contribution < -0.4 is 5.32 Å². The third kappa shape index (κ3) is 4.17. The second-order valence-electron chi connectivity index (χ2n) is 7.62. The number of hydrogen-bond donors (Lipinski definition) is 1. The average Bonchev–Trinajstić information content (AvgIpc) is 3.14. The molecule has 6 heteroatoms. The van der Waals surface area contributed by atoms with Crippen molar-refractivity contribution in [1.82, 2.24) is 14.8 Å². The van der Waals surface area contributed by atoms with Gasteiger partial charge in [-0.2, -0.15) is 0 Å². The van der Waals surface area contributed by atoms with Gasteiger partial charge in [-0.3, -0.25) is 4.79 Å². The minimum atomic E-state index is -0.366. The van der Waals surface area contributed by atoms with Crippen LogP contribution in [-0.4, -0.2) is 52.9 Å². The number of amides is 1. The molecule has 2 aliphatic heterocycles. The van der Waals surface area contributed by atoms with Crippen molar-refractivity contribution in [2.45, 2.75) is 38.1 Å². The van der Waals surface area contributed by atoms with E-state index in [1.807, 2.05) is 4.90 Å². The van der Waals surface area contributed by atoms with Crippen molar-refractivity contribution in [1.29, 1.82) is 0 Å². The number of aromatic nitrogens is 1. The topological polar surface area (TPSA) is 48.5 Å². The molecule has 1 N–H and O–H groups in total. The molecule has 148 valence electrons. The molecule has 0 spiro atoms. The first-order chi connectivity index (χ1) is 13.7. The Labute approximate surface area is 165 Å². The van der Waals surface area contributed by atoms with Crippen LogP contribution in [0.3, 0.4) is 0 Å². The van der Waals surface area contributed by atoms with Crippen LogP contribution in [0.25, 0.3) is 0 Å². The quantitative estimate of drug-likeness (QED) is 0.867. The molecule has 28 heavy (non-hydrogen) atoms. The zero-order valence-electron chi connectivity index (χ0n) is 16.1. The predicted molar refractivity (Wildman–Crippen MR) is 108 cm³/mol. The summed E-state index contributed by atoms with van der Waals surface area (Å²) in [5.74, 6) is 0.00160. The Morgan fingerprint density at radius 1 is 1.00 bits per heavy atom. The van der Waals surface area contributed by atoms with Crippen LogP contribution in [0.15, 0.2) is 42.6 Å². The molecular formula is C22H27FN4O. The fourth-order valence-corrected chi connectivity index (χ4v) is 4.29. The lowest BCUT2D eigenvalue weighted by Gasteiger charge is -2.26. The predicted octanol–water partition coefficient (Wildman–Crippen LogP) is 4.05. The molecule has 3 heterocycles. The second-order valence-corrected chi connectivity index (χ2v) is 7.62. The lowest BCUT2D eigenvalue weighted by molar-refractivity contribution is 0.0758. The van der Waals surface area contributed by atoms with Crippen LogP contribution in [0, 0.1) is 5.82 Å². The van der Waals surface area contributed by atoms with E-state index in [-0.39, 0.29) is 11.7 Å². The van der Waals surface area contributed by atoms with Gasteiger partial charge in [0.15, 0.2) is 0 Å². The minimum Gasteiger partial charge on any atom is -0.338 e. The number of para-hydroxylation sites is 1. The van der Waals surface area contributed by atoms with Crippen LogP contribution in [0.4, 0.5) is 15.9 Å². The van der Waals surface area contributed by atoms with Crippen molar-refractivity contribution in [2.75, 3.05) is 31.5 Å². The summed E-state index contributed by atoms with van der Waals surface area (Å²) in [7, 11) is 0. The van der Waals surface area contributed by atoms with Gasteiger partial charge in [0.2, 0.25) is 0 Å². The SMILES string of the molecule is O=C(c1cccnc1Nc1ccccc1F)N1CCCC(N2CCCC2)CC1. The van der Waals surface area contributed by atoms with Gasteiger partial charge in [0.05, 0.1) is 11.3 Å². The van der Waals surface area contributed by atoms with Gasteiger partial charge in [-0.05, 0) is 69.5 Å². The minimum absolute atomic E-state index is 0.0333. The smallest absolute Gasteiger partial charge is 0.257 e. The monoisotopic (exact) mass is 382 g/mol. The van der Waals surface area contributed by atoms with E-state index >= 15 is 0 Å². The first-order valence-electron chi connectivity index (χ1n) is 10.2. The molecule has 0 radical (unpaired) electrons. The maximum absolute atomic E-state index is 14.0. The number of hydrogen-bond acceptors (Lipinski definition) is 4. The van der Waals surface area contributed by atoms with Crippen molar-refractivity contribution in [3.8, 4) is 0 Å². The normalized spacial score (nSPS) is 20.8. The number of carbonyl (C=O) groups is 1. The second kappa shape index (κ2) is 8.69. The zero-order chi connectivity index (χ0) is 19.3. The summed E-state index contributed by atoms with van der Waals surface area (Å²) in [5, 5.41) is 2.99. The Bertz CT molecular complexity index is 822. The number of rotatable bonds is 4. The van der Waals surface area contributed by atoms with E-state index in [1.165, 1.54) is 32.0 Å². The lowest BCUT2D eigenvalue weighted by Crippen LogP contribution is -2.35. The summed E-state index contributed by atoms with van der Waals surface area (Å²) in [5.41, 5.74) is 0.811. The Morgan fingerprint density at radius 3 is 2.64 bits per heavy atom. The Hall–Kier alpha value is -2.47. The molecule has 5 nitrogen and oxygen atoms in total. The van der Waals surface area contributed by atoms with Gasteiger partial charge < -0.3 is 15.1 Å². The summed E-state index contributed by atoms with van der Waals surface area (Å²) in [4.78, 5) is 22.0. The highest BCUT2D eigenvalue weighted by molar-refractivity contribution is 5.99. The van der Waals surface area contributed by atoms with Crippen LogP contribution >= 0.6 is 0 Å². The van der Waals surface area contributed by atoms with E-state index in [0.29, 0.717) is 23.1 Å². The number of halogens is 1. The van der Waals surface area contributed by atoms with Crippen molar-refractivity contribution in [2.24, 2.45) is 0 Å². The molecule has 1 amide bonds. The molecule has 0 bridgehead atoms. The first kappa shape index (κ1) is 18.9. The highest BCUT2D eigenvalue weighted by atomic mass is 19.1. The molecule has 0 aliphatic carbocycles. The summed E-state index contributed by atoms with van der Waals surface area (Å²) in [6, 6.07) is 10.5. The molecule has 0 saturated carbocycles. The number of pyridine rings is 1. The highest BCUT2D eigenvalue weighted by Crippen LogP contribution is 2.25. The molecule has 4 rings (SSSR count). The van der Waals surface area contributed by atoms with E-state index in [2.05, 4.69) is 15.2 Å². The number of nitrogens with one attached hydrogen (secondary N) is 1. The van der Waals surface area contributed by atoms with Gasteiger partial charge in [0.25, 0.3) is 5.91 Å². The van der Waals surface area contributed by atoms with Crippen LogP contribution in [0.2, 0.25) is 0 Å². The number of benzene rings is 1. The summed E-state index contributed by atoms with van der Waals surface area (Å²) in [6.45, 7) is 3.90. The standard InChI is InChI=1S/C22H27FN4O/c23-19-9-1-2-10-20(19)25-21-18(8-5-12-24-21)22(28)27-15-6-7-17(11-16-27)26-13-3-4-14-26/h1-2,5,8-10,12,17H,3-4,6-7,11,13-16H2,(H,24,25). The van der Waals surface area contributed by atoms with E-state index in [4.69, 9.17) is 0 Å². The van der Waals surface area contributed by atoms with Gasteiger partial charge >= 0.3 is 0 Å². The average molecular weight is 382 g/mol. The van der Waals surface area contributed by atoms with E-state index in [0.717, 1.165) is 32.4 Å². The van der Waals surface area contributed by atoms with Gasteiger partial charge in [-0.15, -0.1) is 0 Å². The van der Waals surface area contributed by atoms with E-state index < -0.39 is 0 Å². The van der Waals surface area contributed by atoms with Crippen molar-refractivity contribution >= 4 is 17.4 Å².